The molecule has 0 aliphatic carbocycles. The number of carbonyl (C=O) groups is 2. The fourth-order valence-corrected chi connectivity index (χ4v) is 2.81. The molecule has 2 aromatic carbocycles. The summed E-state index contributed by atoms with van der Waals surface area (Å²) in [5, 5.41) is 2.84. The maximum Gasteiger partial charge on any atom is 0.228 e. The monoisotopic (exact) mass is 335 g/mol. The van der Waals surface area contributed by atoms with Crippen molar-refractivity contribution < 1.29 is 9.59 Å². The van der Waals surface area contributed by atoms with Crippen molar-refractivity contribution in [1.29, 1.82) is 0 Å². The molecule has 1 aromatic heterocycles. The van der Waals surface area contributed by atoms with Crippen LogP contribution in [0.2, 0.25) is 0 Å². The zero-order valence-electron chi connectivity index (χ0n) is 14.6. The Morgan fingerprint density at radius 3 is 2.68 bits per heavy atom. The van der Waals surface area contributed by atoms with E-state index in [4.69, 9.17) is 0 Å². The number of amides is 1. The highest BCUT2D eigenvalue weighted by Crippen LogP contribution is 2.19. The molecule has 3 rings (SSSR count). The highest BCUT2D eigenvalue weighted by atomic mass is 16.1. The Balaban J connectivity index is 1.73. The Morgan fingerprint density at radius 2 is 1.96 bits per heavy atom. The number of anilines is 1. The minimum absolute atomic E-state index is 0.0257. The standard InChI is InChI=1S/C20H21N3O2/c1-13(2)23-12-21-18-9-15(7-8-19(18)23)10-20(25)22-17-6-4-5-16(11-17)14(3)24/h4-9,11-13H,10H2,1-3H3,(H,22,25). The van der Waals surface area contributed by atoms with E-state index < -0.39 is 0 Å². The van der Waals surface area contributed by atoms with E-state index in [1.54, 1.807) is 24.3 Å². The van der Waals surface area contributed by atoms with Crippen molar-refractivity contribution in [2.45, 2.75) is 33.2 Å². The molecule has 5 nitrogen and oxygen atoms in total. The molecule has 1 heterocycles. The van der Waals surface area contributed by atoms with Gasteiger partial charge in [-0.15, -0.1) is 0 Å². The summed E-state index contributed by atoms with van der Waals surface area (Å²) in [5.41, 5.74) is 4.06. The second-order valence-electron chi connectivity index (χ2n) is 6.43. The molecule has 0 saturated carbocycles. The van der Waals surface area contributed by atoms with Crippen molar-refractivity contribution in [2.75, 3.05) is 5.32 Å². The lowest BCUT2D eigenvalue weighted by Crippen LogP contribution is -2.14. The predicted octanol–water partition coefficient (Wildman–Crippen LogP) is 4.00. The molecule has 0 unspecified atom stereocenters. The van der Waals surface area contributed by atoms with Crippen molar-refractivity contribution in [3.8, 4) is 0 Å². The van der Waals surface area contributed by atoms with E-state index in [1.807, 2.05) is 24.5 Å². The summed E-state index contributed by atoms with van der Waals surface area (Å²) in [6.07, 6.45) is 2.08. The van der Waals surface area contributed by atoms with Crippen LogP contribution in [0.5, 0.6) is 0 Å². The van der Waals surface area contributed by atoms with Crippen LogP contribution in [-0.4, -0.2) is 21.2 Å². The van der Waals surface area contributed by atoms with Gasteiger partial charge in [-0.05, 0) is 50.6 Å². The number of hydrogen-bond acceptors (Lipinski definition) is 3. The molecule has 0 aliphatic heterocycles. The number of fused-ring (bicyclic) bond motifs is 1. The first kappa shape index (κ1) is 16.9. The Kier molecular flexibility index (Phi) is 4.65. The molecule has 0 saturated heterocycles. The highest BCUT2D eigenvalue weighted by Gasteiger charge is 2.09. The maximum absolute atomic E-state index is 12.3. The fraction of sp³-hybridized carbons (Fsp3) is 0.250. The Labute approximate surface area is 146 Å². The molecule has 0 atom stereocenters. The summed E-state index contributed by atoms with van der Waals surface area (Å²) in [7, 11) is 0. The molecule has 1 N–H and O–H groups in total. The molecular weight excluding hydrogens is 314 g/mol. The van der Waals surface area contributed by atoms with E-state index in [-0.39, 0.29) is 18.1 Å². The van der Waals surface area contributed by atoms with E-state index >= 15 is 0 Å². The summed E-state index contributed by atoms with van der Waals surface area (Å²) in [4.78, 5) is 28.1. The normalized spacial score (nSPS) is 11.0. The van der Waals surface area contributed by atoms with E-state index in [0.29, 0.717) is 17.3 Å². The third-order valence-corrected chi connectivity index (χ3v) is 4.11. The average molecular weight is 335 g/mol. The summed E-state index contributed by atoms with van der Waals surface area (Å²) in [6, 6.07) is 13.2. The SMILES string of the molecule is CC(=O)c1cccc(NC(=O)Cc2ccc3c(c2)ncn3C(C)C)c1. The molecule has 1 amide bonds. The van der Waals surface area contributed by atoms with Gasteiger partial charge in [0.05, 0.1) is 23.8 Å². The molecular formula is C20H21N3O2. The van der Waals surface area contributed by atoms with Gasteiger partial charge in [0.15, 0.2) is 5.78 Å². The zero-order valence-corrected chi connectivity index (χ0v) is 14.6. The minimum Gasteiger partial charge on any atom is -0.328 e. The van der Waals surface area contributed by atoms with Gasteiger partial charge in [0, 0.05) is 17.3 Å². The van der Waals surface area contributed by atoms with Gasteiger partial charge in [0.25, 0.3) is 0 Å². The van der Waals surface area contributed by atoms with Crippen LogP contribution in [-0.2, 0) is 11.2 Å². The van der Waals surface area contributed by atoms with Crippen molar-refractivity contribution >= 4 is 28.4 Å². The van der Waals surface area contributed by atoms with E-state index in [1.165, 1.54) is 6.92 Å². The first-order valence-electron chi connectivity index (χ1n) is 8.30. The molecule has 25 heavy (non-hydrogen) atoms. The Hall–Kier alpha value is -2.95. The molecule has 3 aromatic rings. The maximum atomic E-state index is 12.3. The average Bonchev–Trinajstić information content (AvgIpc) is 2.98. The molecule has 0 bridgehead atoms. The molecule has 128 valence electrons. The number of nitrogens with zero attached hydrogens (tertiary/aromatic N) is 2. The van der Waals surface area contributed by atoms with Crippen LogP contribution in [0, 0.1) is 0 Å². The predicted molar refractivity (Wildman–Crippen MR) is 98.9 cm³/mol. The van der Waals surface area contributed by atoms with Gasteiger partial charge in [0.1, 0.15) is 0 Å². The molecule has 5 heteroatoms. The summed E-state index contributed by atoms with van der Waals surface area (Å²) >= 11 is 0. The van der Waals surface area contributed by atoms with Crippen LogP contribution in [0.15, 0.2) is 48.8 Å². The molecule has 0 radical (unpaired) electrons. The second kappa shape index (κ2) is 6.89. The molecule has 0 aliphatic rings. The number of nitrogens with one attached hydrogen (secondary N) is 1. The van der Waals surface area contributed by atoms with Crippen molar-refractivity contribution in [3.63, 3.8) is 0 Å². The third-order valence-electron chi connectivity index (χ3n) is 4.11. The first-order valence-corrected chi connectivity index (χ1v) is 8.30. The van der Waals surface area contributed by atoms with Gasteiger partial charge < -0.3 is 9.88 Å². The van der Waals surface area contributed by atoms with E-state index in [2.05, 4.69) is 28.7 Å². The lowest BCUT2D eigenvalue weighted by molar-refractivity contribution is -0.115. The van der Waals surface area contributed by atoms with E-state index in [0.717, 1.165) is 16.6 Å². The number of imidazole rings is 1. The molecule has 0 fully saturated rings. The Morgan fingerprint density at radius 1 is 1.16 bits per heavy atom. The van der Waals surface area contributed by atoms with Crippen LogP contribution in [0.1, 0.15) is 42.7 Å². The second-order valence-corrected chi connectivity index (χ2v) is 6.43. The van der Waals surface area contributed by atoms with Crippen LogP contribution in [0.4, 0.5) is 5.69 Å². The number of carbonyl (C=O) groups excluding carboxylic acids is 2. The molecule has 0 spiro atoms. The van der Waals surface area contributed by atoms with Gasteiger partial charge in [0.2, 0.25) is 5.91 Å². The highest BCUT2D eigenvalue weighted by molar-refractivity contribution is 5.97. The smallest absolute Gasteiger partial charge is 0.228 e. The lowest BCUT2D eigenvalue weighted by atomic mass is 10.1. The van der Waals surface area contributed by atoms with Gasteiger partial charge >= 0.3 is 0 Å². The minimum atomic E-state index is -0.122. The summed E-state index contributed by atoms with van der Waals surface area (Å²) in [6.45, 7) is 5.72. The number of Topliss-reactive ketones (excluding diaryl/α,β-unsaturated/α-hetero) is 1. The number of rotatable bonds is 5. The third kappa shape index (κ3) is 3.76. The summed E-state index contributed by atoms with van der Waals surface area (Å²) in [5.74, 6) is -0.148. The number of ketones is 1. The first-order chi connectivity index (χ1) is 11.9. The van der Waals surface area contributed by atoms with Crippen LogP contribution >= 0.6 is 0 Å². The topological polar surface area (TPSA) is 64.0 Å². The number of benzene rings is 2. The van der Waals surface area contributed by atoms with Gasteiger partial charge in [-0.25, -0.2) is 4.98 Å². The Bertz CT molecular complexity index is 941. The fourth-order valence-electron chi connectivity index (χ4n) is 2.81. The van der Waals surface area contributed by atoms with Gasteiger partial charge in [-0.2, -0.15) is 0 Å². The zero-order chi connectivity index (χ0) is 18.0. The van der Waals surface area contributed by atoms with Gasteiger partial charge in [-0.1, -0.05) is 18.2 Å². The lowest BCUT2D eigenvalue weighted by Gasteiger charge is -2.09. The van der Waals surface area contributed by atoms with Crippen molar-refractivity contribution in [1.82, 2.24) is 9.55 Å². The number of hydrogen-bond donors (Lipinski definition) is 1. The van der Waals surface area contributed by atoms with Crippen molar-refractivity contribution in [2.24, 2.45) is 0 Å². The van der Waals surface area contributed by atoms with Crippen LogP contribution in [0.3, 0.4) is 0 Å². The number of aromatic nitrogens is 2. The van der Waals surface area contributed by atoms with E-state index in [9.17, 15) is 9.59 Å². The van der Waals surface area contributed by atoms with Gasteiger partial charge in [-0.3, -0.25) is 9.59 Å². The quantitative estimate of drug-likeness (QED) is 0.717. The van der Waals surface area contributed by atoms with Crippen LogP contribution < -0.4 is 5.32 Å². The summed E-state index contributed by atoms with van der Waals surface area (Å²) < 4.78 is 2.10. The van der Waals surface area contributed by atoms with Crippen LogP contribution in [0.25, 0.3) is 11.0 Å². The van der Waals surface area contributed by atoms with Crippen molar-refractivity contribution in [3.05, 3.63) is 59.9 Å². The largest absolute Gasteiger partial charge is 0.328 e.